The van der Waals surface area contributed by atoms with Crippen LogP contribution in [-0.2, 0) is 17.9 Å². The van der Waals surface area contributed by atoms with E-state index >= 15 is 0 Å². The van der Waals surface area contributed by atoms with Crippen LogP contribution in [0.2, 0.25) is 0 Å². The Balaban J connectivity index is 0. The van der Waals surface area contributed by atoms with Gasteiger partial charge in [0.25, 0.3) is 0 Å². The Morgan fingerprint density at radius 3 is 1.21 bits per heavy atom. The maximum Gasteiger partial charge on any atom is 0.00506 e. The summed E-state index contributed by atoms with van der Waals surface area (Å²) in [6, 6.07) is 0. The summed E-state index contributed by atoms with van der Waals surface area (Å²) in [6.45, 7) is 16.0. The molecule has 0 saturated carbocycles. The van der Waals surface area contributed by atoms with Gasteiger partial charge in [0, 0.05) is 6.42 Å². The Morgan fingerprint density at radius 2 is 1.16 bits per heavy atom. The second-order valence-electron chi connectivity index (χ2n) is 5.08. The van der Waals surface area contributed by atoms with E-state index in [-0.39, 0.29) is 7.92 Å². The summed E-state index contributed by atoms with van der Waals surface area (Å²) < 4.78 is 2.70. The molecule has 0 heterocycles. The number of allylic oxidation sites excluding steroid dienone is 5. The third-order valence-electron chi connectivity index (χ3n) is 2.44. The monoisotopic (exact) mass is 368 g/mol. The van der Waals surface area contributed by atoms with Crippen molar-refractivity contribution in [3.8, 4) is 0 Å². The molecule has 0 bridgehead atoms. The molecule has 0 aromatic carbocycles. The van der Waals surface area contributed by atoms with E-state index in [1.54, 1.807) is 0 Å². The first-order valence-electron chi connectivity index (χ1n) is 6.94. The molecule has 2 heteroatoms. The molecule has 0 aromatic rings. The van der Waals surface area contributed by atoms with Crippen LogP contribution in [-0.4, -0.2) is 21.2 Å². The van der Waals surface area contributed by atoms with Crippen LogP contribution in [0.4, 0.5) is 0 Å². The minimum Gasteiger partial charge on any atom is -0.0767 e. The van der Waals surface area contributed by atoms with Crippen LogP contribution in [0.1, 0.15) is 48.5 Å². The second kappa shape index (κ2) is 14.6. The normalized spacial score (nSPS) is 12.2. The summed E-state index contributed by atoms with van der Waals surface area (Å²) in [5, 5.41) is 0. The topological polar surface area (TPSA) is 0 Å². The van der Waals surface area contributed by atoms with Crippen molar-refractivity contribution in [1.29, 1.82) is 0 Å². The molecule has 0 atom stereocenters. The number of hydrogen-bond donors (Lipinski definition) is 0. The molecule has 1 radical (unpaired) electrons. The van der Waals surface area contributed by atoms with E-state index < -0.39 is 0 Å². The quantitative estimate of drug-likeness (QED) is 0.455. The van der Waals surface area contributed by atoms with Crippen LogP contribution < -0.4 is 0 Å². The predicted octanol–water partition coefficient (Wildman–Crippen LogP) is 5.52. The van der Waals surface area contributed by atoms with Gasteiger partial charge in [-0.2, -0.15) is 0 Å². The van der Waals surface area contributed by atoms with E-state index in [4.69, 9.17) is 0 Å². The second-order valence-corrected chi connectivity index (χ2v) is 9.54. The Bertz CT molecular complexity index is 265. The van der Waals surface area contributed by atoms with Crippen LogP contribution in [0.3, 0.4) is 0 Å². The molecule has 1 rings (SSSR count). The molecule has 0 fully saturated rings. The van der Waals surface area contributed by atoms with Gasteiger partial charge in [0.1, 0.15) is 0 Å². The third kappa shape index (κ3) is 14.4. The maximum absolute atomic E-state index is 2.70. The van der Waals surface area contributed by atoms with Gasteiger partial charge in [-0.3, -0.25) is 0 Å². The molecule has 19 heavy (non-hydrogen) atoms. The molecule has 0 amide bonds. The zero-order valence-corrected chi connectivity index (χ0v) is 16.0. The standard InChI is InChI=1S/C9H21P.C5H5.C3H4.Rh/c1-7(2)10(8(3)4)9(5)6;1-2-4-5-3-1;1-3-2;/h7-9H,1-6H3;1-5H;3H,1H3;. The average molecular weight is 368 g/mol. The molecule has 1 aliphatic rings. The fraction of sp³-hybridized carbons (Fsp3) is 0.588. The molecule has 112 valence electrons. The minimum atomic E-state index is 0.262. The summed E-state index contributed by atoms with van der Waals surface area (Å²) in [6.07, 6.45) is 11.8. The largest absolute Gasteiger partial charge is 0.0767 e. The average Bonchev–Trinajstić information content (AvgIpc) is 2.86. The van der Waals surface area contributed by atoms with E-state index in [0.717, 1.165) is 17.0 Å². The van der Waals surface area contributed by atoms with Crippen LogP contribution in [0, 0.1) is 6.42 Å². The summed E-state index contributed by atoms with van der Waals surface area (Å²) in [4.78, 5) is 0. The van der Waals surface area contributed by atoms with Crippen molar-refractivity contribution in [3.05, 3.63) is 36.8 Å². The minimum absolute atomic E-state index is 0.262. The Kier molecular flexibility index (Phi) is 16.5. The van der Waals surface area contributed by atoms with Crippen LogP contribution in [0.15, 0.2) is 30.4 Å². The van der Waals surface area contributed by atoms with E-state index in [0.29, 0.717) is 0 Å². The van der Waals surface area contributed by atoms with E-state index in [1.165, 1.54) is 0 Å². The summed E-state index contributed by atoms with van der Waals surface area (Å²) in [5.41, 5.74) is 2.69. The van der Waals surface area contributed by atoms with Gasteiger partial charge < -0.3 is 0 Å². The van der Waals surface area contributed by atoms with Crippen molar-refractivity contribution < 1.29 is 17.9 Å². The van der Waals surface area contributed by atoms with Gasteiger partial charge in [0.05, 0.1) is 0 Å². The third-order valence-corrected chi connectivity index (χ3v) is 6.49. The van der Waals surface area contributed by atoms with Gasteiger partial charge >= 0.3 is 35.1 Å². The van der Waals surface area contributed by atoms with E-state index in [9.17, 15) is 0 Å². The van der Waals surface area contributed by atoms with Crippen LogP contribution in [0.25, 0.3) is 0 Å². The van der Waals surface area contributed by atoms with Gasteiger partial charge in [-0.25, -0.2) is 0 Å². The summed E-state index contributed by atoms with van der Waals surface area (Å²) in [7, 11) is 0.262. The van der Waals surface area contributed by atoms with Gasteiger partial charge in [0.2, 0.25) is 0 Å². The van der Waals surface area contributed by atoms with Crippen molar-refractivity contribution in [1.82, 2.24) is 0 Å². The first-order chi connectivity index (χ1) is 8.88. The Hall–Kier alpha value is 0.183. The molecule has 0 spiro atoms. The smallest absolute Gasteiger partial charge is 0.00506 e. The molecule has 0 nitrogen and oxygen atoms in total. The molecule has 0 aliphatic heterocycles. The molecular weight excluding hydrogens is 338 g/mol. The molecule has 1 aliphatic carbocycles. The molecule has 0 aromatic heterocycles. The van der Waals surface area contributed by atoms with Crippen LogP contribution in [0.5, 0.6) is 0 Å². The van der Waals surface area contributed by atoms with Gasteiger partial charge in [-0.15, -0.1) is 0 Å². The van der Waals surface area contributed by atoms with Crippen molar-refractivity contribution in [2.45, 2.75) is 65.4 Å². The molecule has 0 unspecified atom stereocenters. The Labute approximate surface area is 132 Å². The first-order valence-corrected chi connectivity index (χ1v) is 9.31. The first kappa shape index (κ1) is 21.5. The molecule has 0 N–H and O–H groups in total. The molecule has 0 saturated heterocycles. The number of rotatable bonds is 3. The van der Waals surface area contributed by atoms with Crippen molar-refractivity contribution >= 4 is 12.2 Å². The van der Waals surface area contributed by atoms with E-state index in [2.05, 4.69) is 63.7 Å². The Morgan fingerprint density at radius 1 is 0.842 bits per heavy atom. The zero-order chi connectivity index (χ0) is 15.3. The number of hydrogen-bond acceptors (Lipinski definition) is 0. The van der Waals surface area contributed by atoms with Crippen molar-refractivity contribution in [2.24, 2.45) is 0 Å². The fourth-order valence-electron chi connectivity index (χ4n) is 2.11. The van der Waals surface area contributed by atoms with Crippen LogP contribution >= 0.6 is 7.92 Å². The predicted molar refractivity (Wildman–Crippen MR) is 90.2 cm³/mol. The summed E-state index contributed by atoms with van der Waals surface area (Å²) in [5.74, 6) is 0. The van der Waals surface area contributed by atoms with Crippen molar-refractivity contribution in [3.63, 3.8) is 0 Å². The fourth-order valence-corrected chi connectivity index (χ4v) is 5.69. The van der Waals surface area contributed by atoms with Crippen molar-refractivity contribution in [2.75, 3.05) is 0 Å². The summed E-state index contributed by atoms with van der Waals surface area (Å²) >= 11 is 2.50. The maximum atomic E-state index is 2.70. The van der Waals surface area contributed by atoms with Gasteiger partial charge in [0.15, 0.2) is 0 Å². The zero-order valence-electron chi connectivity index (χ0n) is 13.5. The molecular formula is C17H30PRh. The van der Waals surface area contributed by atoms with Gasteiger partial charge in [-0.05, 0) is 17.0 Å². The SMILES string of the molecule is CC(C)P(C(C)C)C(C)C.CC=[C]=[Rh].[CH]1C=CC=C1. The van der Waals surface area contributed by atoms with Gasteiger partial charge in [-0.1, -0.05) is 73.8 Å². The van der Waals surface area contributed by atoms with E-state index in [1.807, 2.05) is 43.7 Å².